The molecule has 0 saturated carbocycles. The van der Waals surface area contributed by atoms with E-state index in [2.05, 4.69) is 19.6 Å². The lowest BCUT2D eigenvalue weighted by Gasteiger charge is -2.24. The zero-order valence-corrected chi connectivity index (χ0v) is 23.6. The maximum atomic E-state index is 13.6. The molecular formula is C29H24F6N4O4S. The van der Waals surface area contributed by atoms with E-state index in [1.807, 2.05) is 19.2 Å². The number of sulfonamides is 1. The van der Waals surface area contributed by atoms with Crippen molar-refractivity contribution >= 4 is 38.2 Å². The first kappa shape index (κ1) is 32.4. The number of aromatic nitrogens is 2. The van der Waals surface area contributed by atoms with E-state index in [-0.39, 0.29) is 10.7 Å². The summed E-state index contributed by atoms with van der Waals surface area (Å²) in [6.07, 6.45) is -4.27. The van der Waals surface area contributed by atoms with Crippen LogP contribution in [0.15, 0.2) is 84.2 Å². The summed E-state index contributed by atoms with van der Waals surface area (Å²) >= 11 is 0. The van der Waals surface area contributed by atoms with Crippen LogP contribution in [0, 0.1) is 0 Å². The van der Waals surface area contributed by atoms with Crippen molar-refractivity contribution in [3.05, 3.63) is 90.4 Å². The number of nitrogens with one attached hydrogen (secondary N) is 1. The van der Waals surface area contributed by atoms with Gasteiger partial charge in [0.1, 0.15) is 12.1 Å². The fourth-order valence-corrected chi connectivity index (χ4v) is 5.49. The van der Waals surface area contributed by atoms with Gasteiger partial charge in [-0.25, -0.2) is 23.2 Å². The summed E-state index contributed by atoms with van der Waals surface area (Å²) in [6.45, 7) is 1.40. The summed E-state index contributed by atoms with van der Waals surface area (Å²) in [5, 5.41) is 8.50. The number of aliphatic carboxylic acids is 1. The monoisotopic (exact) mass is 638 g/mol. The predicted octanol–water partition coefficient (Wildman–Crippen LogP) is 6.47. The van der Waals surface area contributed by atoms with Crippen molar-refractivity contribution < 1.29 is 44.7 Å². The molecule has 5 rings (SSSR count). The van der Waals surface area contributed by atoms with E-state index in [4.69, 9.17) is 9.90 Å². The Kier molecular flexibility index (Phi) is 9.30. The van der Waals surface area contributed by atoms with Crippen LogP contribution in [0.4, 0.5) is 32.2 Å². The topological polar surface area (TPSA) is 112 Å². The predicted molar refractivity (Wildman–Crippen MR) is 151 cm³/mol. The first-order chi connectivity index (χ1) is 20.6. The molecule has 1 aromatic heterocycles. The Labute approximate surface area is 247 Å². The van der Waals surface area contributed by atoms with Gasteiger partial charge in [-0.3, -0.25) is 4.72 Å². The van der Waals surface area contributed by atoms with E-state index in [1.165, 1.54) is 36.8 Å². The molecule has 2 N–H and O–H groups in total. The fraction of sp³-hybridized carbons (Fsp3) is 0.207. The van der Waals surface area contributed by atoms with Crippen molar-refractivity contribution in [1.29, 1.82) is 0 Å². The third-order valence-corrected chi connectivity index (χ3v) is 7.97. The van der Waals surface area contributed by atoms with Crippen molar-refractivity contribution in [1.82, 2.24) is 14.9 Å². The van der Waals surface area contributed by atoms with Crippen LogP contribution in [0.3, 0.4) is 0 Å². The average Bonchev–Trinajstić information content (AvgIpc) is 2.96. The van der Waals surface area contributed by atoms with Crippen LogP contribution in [0.2, 0.25) is 0 Å². The minimum atomic E-state index is -5.08. The Hall–Kier alpha value is -4.50. The quantitative estimate of drug-likeness (QED) is 0.241. The van der Waals surface area contributed by atoms with Gasteiger partial charge in [0, 0.05) is 19.3 Å². The lowest BCUT2D eigenvalue weighted by atomic mass is 9.88. The Balaban J connectivity index is 0.000000566. The largest absolute Gasteiger partial charge is 0.490 e. The smallest absolute Gasteiger partial charge is 0.475 e. The first-order valence-electron chi connectivity index (χ1n) is 12.8. The van der Waals surface area contributed by atoms with Crippen molar-refractivity contribution in [2.75, 3.05) is 24.9 Å². The Morgan fingerprint density at radius 1 is 0.955 bits per heavy atom. The Morgan fingerprint density at radius 2 is 1.68 bits per heavy atom. The molecule has 0 bridgehead atoms. The fourth-order valence-electron chi connectivity index (χ4n) is 4.45. The van der Waals surface area contributed by atoms with E-state index in [0.29, 0.717) is 29.5 Å². The number of carboxylic acids is 1. The molecule has 44 heavy (non-hydrogen) atoms. The molecule has 0 fully saturated rings. The third kappa shape index (κ3) is 7.71. The van der Waals surface area contributed by atoms with Crippen LogP contribution in [-0.4, -0.2) is 60.7 Å². The molecule has 0 amide bonds. The summed E-state index contributed by atoms with van der Waals surface area (Å²) in [6, 6.07) is 15.4. The van der Waals surface area contributed by atoms with Gasteiger partial charge in [0.15, 0.2) is 0 Å². The van der Waals surface area contributed by atoms with Crippen LogP contribution < -0.4 is 4.72 Å². The van der Waals surface area contributed by atoms with Gasteiger partial charge < -0.3 is 10.0 Å². The molecule has 0 radical (unpaired) electrons. The molecule has 232 valence electrons. The number of hydrogen-bond donors (Lipinski definition) is 2. The zero-order chi connectivity index (χ0) is 32.3. The maximum absolute atomic E-state index is 13.6. The third-order valence-electron chi connectivity index (χ3n) is 6.62. The zero-order valence-electron chi connectivity index (χ0n) is 22.8. The highest BCUT2D eigenvalue weighted by Gasteiger charge is 2.38. The number of carboxylic acid groups (broad SMARTS) is 1. The summed E-state index contributed by atoms with van der Waals surface area (Å²) in [5.41, 5.74) is 2.11. The van der Waals surface area contributed by atoms with Crippen LogP contribution in [0.25, 0.3) is 27.5 Å². The van der Waals surface area contributed by atoms with Gasteiger partial charge in [-0.15, -0.1) is 0 Å². The molecule has 0 aliphatic carbocycles. The molecule has 8 nitrogen and oxygen atoms in total. The number of anilines is 1. The van der Waals surface area contributed by atoms with Gasteiger partial charge in [0.2, 0.25) is 0 Å². The van der Waals surface area contributed by atoms with E-state index in [9.17, 15) is 34.8 Å². The highest BCUT2D eigenvalue weighted by molar-refractivity contribution is 7.92. The molecule has 1 aliphatic rings. The highest BCUT2D eigenvalue weighted by Crippen LogP contribution is 2.40. The summed E-state index contributed by atoms with van der Waals surface area (Å²) < 4.78 is 101. The Morgan fingerprint density at radius 3 is 2.27 bits per heavy atom. The maximum Gasteiger partial charge on any atom is 0.490 e. The molecule has 4 aromatic rings. The van der Waals surface area contributed by atoms with Gasteiger partial charge in [-0.2, -0.15) is 26.3 Å². The van der Waals surface area contributed by atoms with Crippen molar-refractivity contribution in [3.63, 3.8) is 0 Å². The molecular weight excluding hydrogens is 614 g/mol. The molecule has 1 aliphatic heterocycles. The van der Waals surface area contributed by atoms with Crippen molar-refractivity contribution in [2.45, 2.75) is 23.7 Å². The van der Waals surface area contributed by atoms with Crippen molar-refractivity contribution in [3.8, 4) is 11.1 Å². The second kappa shape index (κ2) is 12.6. The molecule has 3 aromatic carbocycles. The lowest BCUT2D eigenvalue weighted by Crippen LogP contribution is -2.23. The summed E-state index contributed by atoms with van der Waals surface area (Å²) in [7, 11) is -1.95. The normalized spacial score (nSPS) is 14.4. The molecule has 0 spiro atoms. The standard InChI is InChI=1S/C27H23F3N4O2S.C2HF3O2/c1-34-13-10-18(11-14-34)25-16-20(27(28,29)30)5-7-24(25)23-4-2-3-19-15-21(6-8-22(19)23)37(35,36)33-26-9-12-31-17-32-26;3-2(4,5)1(6)7/h2-10,12,15-17H,11,13-14H2,1H3,(H,31,32,33);(H,6,7). The van der Waals surface area contributed by atoms with Gasteiger partial charge in [0.05, 0.1) is 10.5 Å². The number of hydrogen-bond acceptors (Lipinski definition) is 6. The minimum absolute atomic E-state index is 0.0430. The number of carbonyl (C=O) groups is 1. The average molecular weight is 639 g/mol. The summed E-state index contributed by atoms with van der Waals surface area (Å²) in [4.78, 5) is 18.7. The molecule has 0 unspecified atom stereocenters. The van der Waals surface area contributed by atoms with Crippen LogP contribution >= 0.6 is 0 Å². The van der Waals surface area contributed by atoms with Crippen molar-refractivity contribution in [2.24, 2.45) is 0 Å². The van der Waals surface area contributed by atoms with Gasteiger partial charge in [-0.1, -0.05) is 36.4 Å². The van der Waals surface area contributed by atoms with Gasteiger partial charge in [0.25, 0.3) is 10.0 Å². The molecule has 15 heteroatoms. The van der Waals surface area contributed by atoms with Crippen LogP contribution in [0.5, 0.6) is 0 Å². The van der Waals surface area contributed by atoms with E-state index in [0.717, 1.165) is 29.1 Å². The Bertz CT molecular complexity index is 1810. The summed E-state index contributed by atoms with van der Waals surface area (Å²) in [5.74, 6) is -2.61. The number of nitrogens with zero attached hydrogens (tertiary/aromatic N) is 3. The number of likely N-dealkylation sites (N-methyl/N-ethyl adjacent to an activating group) is 1. The lowest BCUT2D eigenvalue weighted by molar-refractivity contribution is -0.192. The van der Waals surface area contributed by atoms with Gasteiger partial charge >= 0.3 is 18.3 Å². The first-order valence-corrected chi connectivity index (χ1v) is 14.3. The number of fused-ring (bicyclic) bond motifs is 1. The number of halogens is 6. The van der Waals surface area contributed by atoms with E-state index >= 15 is 0 Å². The van der Waals surface area contributed by atoms with E-state index in [1.54, 1.807) is 24.3 Å². The number of benzene rings is 3. The minimum Gasteiger partial charge on any atom is -0.475 e. The number of alkyl halides is 6. The van der Waals surface area contributed by atoms with E-state index < -0.39 is 33.9 Å². The molecule has 2 heterocycles. The molecule has 0 saturated heterocycles. The SMILES string of the molecule is CN1CC=C(c2cc(C(F)(F)F)ccc2-c2cccc3cc(S(=O)(=O)Nc4ccncn4)ccc23)CC1.O=C(O)C(F)(F)F. The van der Waals surface area contributed by atoms with Gasteiger partial charge in [-0.05, 0) is 76.8 Å². The second-order valence-corrected chi connectivity index (χ2v) is 11.4. The van der Waals surface area contributed by atoms with Crippen LogP contribution in [-0.2, 0) is 21.0 Å². The van der Waals surface area contributed by atoms with Crippen LogP contribution in [0.1, 0.15) is 17.5 Å². The second-order valence-electron chi connectivity index (χ2n) is 9.69. The number of rotatable bonds is 5. The molecule has 0 atom stereocenters. The highest BCUT2D eigenvalue weighted by atomic mass is 32.2.